The van der Waals surface area contributed by atoms with Crippen molar-refractivity contribution in [2.45, 2.75) is 32.4 Å². The van der Waals surface area contributed by atoms with E-state index in [2.05, 4.69) is 10.3 Å². The number of ether oxygens (including phenoxy) is 3. The van der Waals surface area contributed by atoms with Gasteiger partial charge in [-0.1, -0.05) is 12.1 Å². The van der Waals surface area contributed by atoms with E-state index in [9.17, 15) is 14.4 Å². The Bertz CT molecular complexity index is 1050. The van der Waals surface area contributed by atoms with Crippen molar-refractivity contribution >= 4 is 40.8 Å². The van der Waals surface area contributed by atoms with Gasteiger partial charge in [-0.05, 0) is 32.9 Å². The van der Waals surface area contributed by atoms with Crippen molar-refractivity contribution in [3.63, 3.8) is 0 Å². The van der Waals surface area contributed by atoms with Gasteiger partial charge in [0.1, 0.15) is 11.4 Å². The number of nitrogens with zero attached hydrogens (tertiary/aromatic N) is 3. The highest BCUT2D eigenvalue weighted by molar-refractivity contribution is 6.11. The number of methoxy groups -OCH3 is 3. The van der Waals surface area contributed by atoms with Crippen LogP contribution in [-0.2, 0) is 23.8 Å². The molecule has 1 atom stereocenters. The molecule has 30 heavy (non-hydrogen) atoms. The van der Waals surface area contributed by atoms with Crippen molar-refractivity contribution in [2.75, 3.05) is 26.2 Å². The van der Waals surface area contributed by atoms with Gasteiger partial charge in [-0.2, -0.15) is 0 Å². The lowest BCUT2D eigenvalue weighted by Gasteiger charge is -2.37. The van der Waals surface area contributed by atoms with Crippen molar-refractivity contribution < 1.29 is 28.6 Å². The second-order valence-corrected chi connectivity index (χ2v) is 7.63. The van der Waals surface area contributed by atoms with Crippen LogP contribution in [0.4, 0.5) is 10.7 Å². The standard InChI is InChI=1S/C20H24N4O6/c1-20(2,3)22-15-13(16(25)28-4)14(17(26)29-5)24(19(27)30-6)18-21-11-9-7-8-10-12(11)23(15)18/h7-10,14,22H,1-6H3. The molecule has 1 amide bonds. The summed E-state index contributed by atoms with van der Waals surface area (Å²) in [7, 11) is 3.54. The van der Waals surface area contributed by atoms with E-state index in [1.54, 1.807) is 28.8 Å². The second-order valence-electron chi connectivity index (χ2n) is 7.63. The fourth-order valence-corrected chi connectivity index (χ4v) is 3.31. The van der Waals surface area contributed by atoms with E-state index in [0.717, 1.165) is 4.90 Å². The quantitative estimate of drug-likeness (QED) is 0.596. The third kappa shape index (κ3) is 3.44. The first-order valence-electron chi connectivity index (χ1n) is 9.18. The summed E-state index contributed by atoms with van der Waals surface area (Å²) in [5.41, 5.74) is 0.577. The predicted molar refractivity (Wildman–Crippen MR) is 109 cm³/mol. The minimum Gasteiger partial charge on any atom is -0.467 e. The Balaban J connectivity index is 2.47. The van der Waals surface area contributed by atoms with Crippen LogP contribution in [0.5, 0.6) is 0 Å². The number of benzene rings is 1. The summed E-state index contributed by atoms with van der Waals surface area (Å²) in [6.45, 7) is 5.69. The molecule has 0 fully saturated rings. The molecule has 2 aromatic rings. The molecule has 1 aliphatic rings. The Kier molecular flexibility index (Phi) is 5.43. The molecule has 0 spiro atoms. The normalized spacial score (nSPS) is 16.2. The van der Waals surface area contributed by atoms with Gasteiger partial charge < -0.3 is 19.5 Å². The average Bonchev–Trinajstić information content (AvgIpc) is 3.09. The van der Waals surface area contributed by atoms with Crippen molar-refractivity contribution in [3.05, 3.63) is 29.8 Å². The van der Waals surface area contributed by atoms with Gasteiger partial charge in [-0.25, -0.2) is 24.3 Å². The number of hydrogen-bond donors (Lipinski definition) is 1. The number of rotatable bonds is 3. The third-order valence-electron chi connectivity index (χ3n) is 4.46. The van der Waals surface area contributed by atoms with E-state index in [0.29, 0.717) is 11.0 Å². The van der Waals surface area contributed by atoms with Crippen LogP contribution in [0.2, 0.25) is 0 Å². The zero-order chi connectivity index (χ0) is 22.2. The minimum atomic E-state index is -1.45. The number of carbonyl (C=O) groups is 3. The Morgan fingerprint density at radius 2 is 1.70 bits per heavy atom. The Labute approximate surface area is 173 Å². The number of imidazole rings is 1. The molecule has 1 aromatic heterocycles. The van der Waals surface area contributed by atoms with E-state index in [4.69, 9.17) is 14.2 Å². The lowest BCUT2D eigenvalue weighted by atomic mass is 10.0. The highest BCUT2D eigenvalue weighted by Gasteiger charge is 2.48. The zero-order valence-electron chi connectivity index (χ0n) is 17.7. The van der Waals surface area contributed by atoms with E-state index in [-0.39, 0.29) is 17.3 Å². The number of aromatic nitrogens is 2. The van der Waals surface area contributed by atoms with Gasteiger partial charge in [0.05, 0.1) is 32.4 Å². The molecule has 1 unspecified atom stereocenters. The molecule has 0 radical (unpaired) electrons. The molecule has 1 aliphatic heterocycles. The van der Waals surface area contributed by atoms with E-state index < -0.39 is 29.6 Å². The van der Waals surface area contributed by atoms with Gasteiger partial charge in [0.2, 0.25) is 5.95 Å². The maximum absolute atomic E-state index is 12.9. The molecular weight excluding hydrogens is 392 g/mol. The van der Waals surface area contributed by atoms with Gasteiger partial charge in [-0.15, -0.1) is 0 Å². The molecule has 1 N–H and O–H groups in total. The second kappa shape index (κ2) is 7.69. The molecule has 160 valence electrons. The molecule has 0 bridgehead atoms. The fourth-order valence-electron chi connectivity index (χ4n) is 3.31. The first-order chi connectivity index (χ1) is 14.1. The smallest absolute Gasteiger partial charge is 0.417 e. The summed E-state index contributed by atoms with van der Waals surface area (Å²) >= 11 is 0. The Morgan fingerprint density at radius 1 is 1.03 bits per heavy atom. The van der Waals surface area contributed by atoms with Gasteiger partial charge >= 0.3 is 18.0 Å². The zero-order valence-corrected chi connectivity index (χ0v) is 17.7. The highest BCUT2D eigenvalue weighted by atomic mass is 16.6. The maximum atomic E-state index is 12.9. The number of amides is 1. The van der Waals surface area contributed by atoms with E-state index in [1.807, 2.05) is 20.8 Å². The van der Waals surface area contributed by atoms with Gasteiger partial charge in [0.25, 0.3) is 0 Å². The molecular formula is C20H24N4O6. The van der Waals surface area contributed by atoms with Crippen LogP contribution in [0.1, 0.15) is 20.8 Å². The van der Waals surface area contributed by atoms with Crippen molar-refractivity contribution in [1.29, 1.82) is 0 Å². The lowest BCUT2D eigenvalue weighted by Crippen LogP contribution is -2.54. The first kappa shape index (κ1) is 21.2. The van der Waals surface area contributed by atoms with E-state index >= 15 is 0 Å². The molecule has 0 saturated heterocycles. The Morgan fingerprint density at radius 3 is 2.27 bits per heavy atom. The number of hydrogen-bond acceptors (Lipinski definition) is 8. The lowest BCUT2D eigenvalue weighted by molar-refractivity contribution is -0.144. The number of carbonyl (C=O) groups excluding carboxylic acids is 3. The number of esters is 2. The summed E-state index contributed by atoms with van der Waals surface area (Å²) in [6.07, 6.45) is -0.877. The minimum absolute atomic E-state index is 0.0969. The van der Waals surface area contributed by atoms with E-state index in [1.165, 1.54) is 21.3 Å². The van der Waals surface area contributed by atoms with Crippen LogP contribution >= 0.6 is 0 Å². The van der Waals surface area contributed by atoms with Crippen LogP contribution in [0.3, 0.4) is 0 Å². The average molecular weight is 416 g/mol. The van der Waals surface area contributed by atoms with Crippen LogP contribution < -0.4 is 10.2 Å². The van der Waals surface area contributed by atoms with Crippen molar-refractivity contribution in [3.8, 4) is 0 Å². The molecule has 0 saturated carbocycles. The largest absolute Gasteiger partial charge is 0.467 e. The van der Waals surface area contributed by atoms with Crippen LogP contribution in [0.15, 0.2) is 29.8 Å². The third-order valence-corrected chi connectivity index (χ3v) is 4.46. The summed E-state index contributed by atoms with van der Waals surface area (Å²) in [5, 5.41) is 3.26. The van der Waals surface area contributed by atoms with Gasteiger partial charge in [0.15, 0.2) is 6.04 Å². The van der Waals surface area contributed by atoms with Crippen LogP contribution in [-0.4, -0.2) is 60.5 Å². The monoisotopic (exact) mass is 416 g/mol. The molecule has 10 nitrogen and oxygen atoms in total. The van der Waals surface area contributed by atoms with Gasteiger partial charge in [-0.3, -0.25) is 4.57 Å². The summed E-state index contributed by atoms with van der Waals surface area (Å²) in [5.74, 6) is -1.26. The summed E-state index contributed by atoms with van der Waals surface area (Å²) in [6, 6.07) is 5.70. The van der Waals surface area contributed by atoms with Crippen molar-refractivity contribution in [1.82, 2.24) is 14.9 Å². The summed E-state index contributed by atoms with van der Waals surface area (Å²) < 4.78 is 16.4. The number of nitrogens with one attached hydrogen (secondary N) is 1. The topological polar surface area (TPSA) is 112 Å². The SMILES string of the molecule is COC(=O)C1=C(NC(C)(C)C)n2c(nc3ccccc32)N(C(=O)OC)C1C(=O)OC. The van der Waals surface area contributed by atoms with Crippen molar-refractivity contribution in [2.24, 2.45) is 0 Å². The number of para-hydroxylation sites is 2. The fraction of sp³-hybridized carbons (Fsp3) is 0.400. The first-order valence-corrected chi connectivity index (χ1v) is 9.18. The predicted octanol–water partition coefficient (Wildman–Crippen LogP) is 1.89. The number of anilines is 1. The molecule has 3 rings (SSSR count). The maximum Gasteiger partial charge on any atom is 0.417 e. The molecule has 0 aliphatic carbocycles. The Hall–Kier alpha value is -3.56. The molecule has 10 heteroatoms. The number of fused-ring (bicyclic) bond motifs is 3. The molecule has 1 aromatic carbocycles. The van der Waals surface area contributed by atoms with Crippen LogP contribution in [0, 0.1) is 0 Å². The van der Waals surface area contributed by atoms with Crippen LogP contribution in [0.25, 0.3) is 16.9 Å². The highest BCUT2D eigenvalue weighted by Crippen LogP contribution is 2.37. The summed E-state index contributed by atoms with van der Waals surface area (Å²) in [4.78, 5) is 43.9. The van der Waals surface area contributed by atoms with Gasteiger partial charge in [0, 0.05) is 5.54 Å². The molecule has 2 heterocycles.